The lowest BCUT2D eigenvalue weighted by atomic mass is 10.1. The molecule has 2 rings (SSSR count). The van der Waals surface area contributed by atoms with Gasteiger partial charge in [0, 0.05) is 23.8 Å². The molecule has 0 aliphatic heterocycles. The van der Waals surface area contributed by atoms with Gasteiger partial charge in [-0.1, -0.05) is 30.3 Å². The average Bonchev–Trinajstić information content (AvgIpc) is 2.50. The van der Waals surface area contributed by atoms with Crippen molar-refractivity contribution in [3.63, 3.8) is 0 Å². The van der Waals surface area contributed by atoms with Crippen molar-refractivity contribution in [3.8, 4) is 0 Å². The number of nitrogens with zero attached hydrogens (tertiary/aromatic N) is 3. The summed E-state index contributed by atoms with van der Waals surface area (Å²) in [5, 5.41) is 3.24. The van der Waals surface area contributed by atoms with Gasteiger partial charge in [0.05, 0.1) is 0 Å². The Kier molecular flexibility index (Phi) is 5.77. The van der Waals surface area contributed by atoms with Crippen molar-refractivity contribution in [3.05, 3.63) is 53.3 Å². The molecule has 0 saturated carbocycles. The van der Waals surface area contributed by atoms with Crippen molar-refractivity contribution in [1.82, 2.24) is 14.9 Å². The van der Waals surface area contributed by atoms with E-state index in [1.807, 2.05) is 76.8 Å². The van der Waals surface area contributed by atoms with Gasteiger partial charge in [0.1, 0.15) is 5.69 Å². The first-order chi connectivity index (χ1) is 11.7. The summed E-state index contributed by atoms with van der Waals surface area (Å²) in [5.74, 6) is 0.403. The first-order valence-electron chi connectivity index (χ1n) is 8.64. The predicted octanol–water partition coefficient (Wildman–Crippen LogP) is 4.05. The fourth-order valence-electron chi connectivity index (χ4n) is 2.49. The highest BCUT2D eigenvalue weighted by atomic mass is 16.2. The number of rotatable bonds is 5. The highest BCUT2D eigenvalue weighted by Gasteiger charge is 2.22. The summed E-state index contributed by atoms with van der Waals surface area (Å²) in [6.45, 7) is 12.6. The van der Waals surface area contributed by atoms with Gasteiger partial charge in [0.2, 0.25) is 5.95 Å². The van der Waals surface area contributed by atoms with Crippen molar-refractivity contribution >= 4 is 11.9 Å². The van der Waals surface area contributed by atoms with Gasteiger partial charge in [-0.15, -0.1) is 0 Å². The van der Waals surface area contributed by atoms with Crippen LogP contribution in [-0.4, -0.2) is 32.4 Å². The quantitative estimate of drug-likeness (QED) is 0.892. The Balaban J connectivity index is 2.29. The summed E-state index contributed by atoms with van der Waals surface area (Å²) in [7, 11) is 0. The second kappa shape index (κ2) is 7.64. The Morgan fingerprint density at radius 2 is 1.80 bits per heavy atom. The number of hydrogen-bond donors (Lipinski definition) is 1. The van der Waals surface area contributed by atoms with Crippen molar-refractivity contribution in [2.24, 2.45) is 0 Å². The highest BCUT2D eigenvalue weighted by molar-refractivity contribution is 5.92. The molecule has 5 heteroatoms. The van der Waals surface area contributed by atoms with E-state index in [1.54, 1.807) is 6.07 Å². The molecule has 0 atom stereocenters. The maximum absolute atomic E-state index is 13.1. The van der Waals surface area contributed by atoms with Crippen molar-refractivity contribution in [2.45, 2.75) is 59.7 Å². The predicted molar refractivity (Wildman–Crippen MR) is 102 cm³/mol. The molecule has 134 valence electrons. The Hall–Kier alpha value is -2.43. The van der Waals surface area contributed by atoms with Crippen LogP contribution < -0.4 is 5.32 Å². The van der Waals surface area contributed by atoms with Crippen molar-refractivity contribution in [2.75, 3.05) is 5.32 Å². The minimum absolute atomic E-state index is 0.0713. The third kappa shape index (κ3) is 5.55. The van der Waals surface area contributed by atoms with Crippen molar-refractivity contribution < 1.29 is 4.79 Å². The van der Waals surface area contributed by atoms with E-state index < -0.39 is 0 Å². The van der Waals surface area contributed by atoms with Crippen LogP contribution in [0.2, 0.25) is 0 Å². The first-order valence-corrected chi connectivity index (χ1v) is 8.64. The van der Waals surface area contributed by atoms with E-state index in [0.717, 1.165) is 11.3 Å². The van der Waals surface area contributed by atoms with Gasteiger partial charge in [-0.2, -0.15) is 0 Å². The zero-order valence-electron chi connectivity index (χ0n) is 16.0. The standard InChI is InChI=1S/C20H28N4O/c1-14(2)24(13-16-10-8-7-9-11-16)18(25)17-12-15(3)21-19(22-17)23-20(4,5)6/h7-12,14H,13H2,1-6H3,(H,21,22,23). The Labute approximate surface area is 150 Å². The lowest BCUT2D eigenvalue weighted by molar-refractivity contribution is 0.0684. The largest absolute Gasteiger partial charge is 0.350 e. The Morgan fingerprint density at radius 3 is 2.36 bits per heavy atom. The molecule has 2 aromatic rings. The Bertz CT molecular complexity index is 720. The van der Waals surface area contributed by atoms with Crippen molar-refractivity contribution in [1.29, 1.82) is 0 Å². The van der Waals surface area contributed by atoms with Gasteiger partial charge in [-0.25, -0.2) is 9.97 Å². The second-order valence-electron chi connectivity index (χ2n) is 7.61. The maximum Gasteiger partial charge on any atom is 0.273 e. The molecule has 0 fully saturated rings. The number of amides is 1. The number of hydrogen-bond acceptors (Lipinski definition) is 4. The number of anilines is 1. The summed E-state index contributed by atoms with van der Waals surface area (Å²) in [6.07, 6.45) is 0. The zero-order valence-corrected chi connectivity index (χ0v) is 16.0. The molecule has 1 aromatic heterocycles. The Morgan fingerprint density at radius 1 is 1.16 bits per heavy atom. The van der Waals surface area contributed by atoms with Crippen LogP contribution in [-0.2, 0) is 6.54 Å². The fraction of sp³-hybridized carbons (Fsp3) is 0.450. The normalized spacial score (nSPS) is 11.5. The molecule has 0 spiro atoms. The van der Waals surface area contributed by atoms with Gasteiger partial charge >= 0.3 is 0 Å². The minimum Gasteiger partial charge on any atom is -0.350 e. The van der Waals surface area contributed by atoms with E-state index in [2.05, 4.69) is 15.3 Å². The number of carbonyl (C=O) groups excluding carboxylic acids is 1. The van der Waals surface area contributed by atoms with E-state index in [4.69, 9.17) is 0 Å². The minimum atomic E-state index is -0.171. The molecule has 1 heterocycles. The number of nitrogens with one attached hydrogen (secondary N) is 1. The molecule has 0 unspecified atom stereocenters. The molecule has 5 nitrogen and oxygen atoms in total. The lowest BCUT2D eigenvalue weighted by Gasteiger charge is -2.27. The third-order valence-electron chi connectivity index (χ3n) is 3.64. The molecule has 0 saturated heterocycles. The lowest BCUT2D eigenvalue weighted by Crippen LogP contribution is -2.37. The topological polar surface area (TPSA) is 58.1 Å². The zero-order chi connectivity index (χ0) is 18.6. The van der Waals surface area contributed by atoms with Gasteiger partial charge in [-0.05, 0) is 53.2 Å². The number of aryl methyl sites for hydroxylation is 1. The molecule has 0 radical (unpaired) electrons. The van der Waals surface area contributed by atoms with Crippen LogP contribution >= 0.6 is 0 Å². The van der Waals surface area contributed by atoms with Crippen LogP contribution in [0, 0.1) is 6.92 Å². The van der Waals surface area contributed by atoms with Gasteiger partial charge in [0.25, 0.3) is 5.91 Å². The summed E-state index contributed by atoms with van der Waals surface area (Å²) in [6, 6.07) is 11.8. The van der Waals surface area contributed by atoms with Gasteiger partial charge < -0.3 is 10.2 Å². The molecule has 1 N–H and O–H groups in total. The highest BCUT2D eigenvalue weighted by Crippen LogP contribution is 2.16. The molecule has 1 aromatic carbocycles. The van der Waals surface area contributed by atoms with Crippen LogP contribution in [0.3, 0.4) is 0 Å². The number of carbonyl (C=O) groups is 1. The molecule has 0 aliphatic carbocycles. The summed E-state index contributed by atoms with van der Waals surface area (Å²) >= 11 is 0. The maximum atomic E-state index is 13.1. The molecular weight excluding hydrogens is 312 g/mol. The molecular formula is C20H28N4O. The third-order valence-corrected chi connectivity index (χ3v) is 3.64. The second-order valence-corrected chi connectivity index (χ2v) is 7.61. The van der Waals surface area contributed by atoms with E-state index in [1.165, 1.54) is 0 Å². The van der Waals surface area contributed by atoms with Crippen LogP contribution in [0.25, 0.3) is 0 Å². The summed E-state index contributed by atoms with van der Waals surface area (Å²) in [5.41, 5.74) is 2.12. The fourth-order valence-corrected chi connectivity index (χ4v) is 2.49. The van der Waals surface area contributed by atoms with Crippen LogP contribution in [0.1, 0.15) is 56.4 Å². The number of aromatic nitrogens is 2. The molecule has 0 aliphatic rings. The van der Waals surface area contributed by atoms with Crippen LogP contribution in [0.4, 0.5) is 5.95 Å². The summed E-state index contributed by atoms with van der Waals surface area (Å²) in [4.78, 5) is 23.7. The average molecular weight is 340 g/mol. The smallest absolute Gasteiger partial charge is 0.273 e. The van der Waals surface area contributed by atoms with Crippen LogP contribution in [0.5, 0.6) is 0 Å². The van der Waals surface area contributed by atoms with E-state index in [0.29, 0.717) is 18.2 Å². The van der Waals surface area contributed by atoms with Gasteiger partial charge in [-0.3, -0.25) is 4.79 Å². The van der Waals surface area contributed by atoms with E-state index in [9.17, 15) is 4.79 Å². The van der Waals surface area contributed by atoms with E-state index in [-0.39, 0.29) is 17.5 Å². The molecule has 25 heavy (non-hydrogen) atoms. The first kappa shape index (κ1) is 18.9. The molecule has 1 amide bonds. The van der Waals surface area contributed by atoms with Gasteiger partial charge in [0.15, 0.2) is 0 Å². The van der Waals surface area contributed by atoms with Crippen LogP contribution in [0.15, 0.2) is 36.4 Å². The summed E-state index contributed by atoms with van der Waals surface area (Å²) < 4.78 is 0. The monoisotopic (exact) mass is 340 g/mol. The van der Waals surface area contributed by atoms with E-state index >= 15 is 0 Å². The molecule has 0 bridgehead atoms. The number of benzene rings is 1. The SMILES string of the molecule is Cc1cc(C(=O)N(Cc2ccccc2)C(C)C)nc(NC(C)(C)C)n1.